The van der Waals surface area contributed by atoms with Crippen molar-refractivity contribution in [3.05, 3.63) is 57.5 Å². The number of halogens is 2. The van der Waals surface area contributed by atoms with Crippen molar-refractivity contribution in [3.63, 3.8) is 0 Å². The Morgan fingerprint density at radius 2 is 2.17 bits per heavy atom. The molecular weight excluding hydrogens is 346 g/mol. The van der Waals surface area contributed by atoms with Gasteiger partial charge in [0.05, 0.1) is 0 Å². The minimum atomic E-state index is -0.269. The third-order valence-corrected chi connectivity index (χ3v) is 3.38. The summed E-state index contributed by atoms with van der Waals surface area (Å²) in [4.78, 5) is 9.54. The summed E-state index contributed by atoms with van der Waals surface area (Å²) >= 11 is 2.16. The number of rotatable bonds is 4. The molecule has 18 heavy (non-hydrogen) atoms. The molecule has 0 spiro atoms. The highest BCUT2D eigenvalue weighted by atomic mass is 127. The first-order chi connectivity index (χ1) is 8.66. The molecule has 2 aromatic rings. The van der Waals surface area contributed by atoms with Crippen LogP contribution in [0.5, 0.6) is 0 Å². The maximum atomic E-state index is 13.2. The van der Waals surface area contributed by atoms with Crippen LogP contribution >= 0.6 is 22.6 Å². The van der Waals surface area contributed by atoms with Crippen LogP contribution in [-0.2, 0) is 4.84 Å². The Balaban J connectivity index is 2.03. The Labute approximate surface area is 118 Å². The molecule has 2 rings (SSSR count). The summed E-state index contributed by atoms with van der Waals surface area (Å²) in [5, 5.41) is 0. The van der Waals surface area contributed by atoms with Crippen LogP contribution < -0.4 is 5.48 Å². The number of pyridine rings is 1. The SMILES string of the molecule is CC(ONc1ccccn1)c1cc(F)ccc1I. The van der Waals surface area contributed by atoms with E-state index in [2.05, 4.69) is 33.1 Å². The molecule has 1 heterocycles. The second kappa shape index (κ2) is 6.10. The first-order valence-electron chi connectivity index (χ1n) is 5.44. The number of anilines is 1. The average Bonchev–Trinajstić information content (AvgIpc) is 2.40. The smallest absolute Gasteiger partial charge is 0.149 e. The minimum absolute atomic E-state index is 0.265. The molecule has 1 N–H and O–H groups in total. The molecule has 3 nitrogen and oxygen atoms in total. The van der Waals surface area contributed by atoms with Gasteiger partial charge in [-0.1, -0.05) is 6.07 Å². The van der Waals surface area contributed by atoms with Crippen LogP contribution in [0.3, 0.4) is 0 Å². The van der Waals surface area contributed by atoms with Gasteiger partial charge in [0, 0.05) is 9.77 Å². The van der Waals surface area contributed by atoms with Gasteiger partial charge in [-0.2, -0.15) is 0 Å². The Morgan fingerprint density at radius 1 is 1.33 bits per heavy atom. The van der Waals surface area contributed by atoms with Crippen molar-refractivity contribution >= 4 is 28.4 Å². The van der Waals surface area contributed by atoms with E-state index in [4.69, 9.17) is 4.84 Å². The zero-order valence-electron chi connectivity index (χ0n) is 9.73. The van der Waals surface area contributed by atoms with E-state index in [0.29, 0.717) is 5.82 Å². The molecular formula is C13H12FIN2O. The largest absolute Gasteiger partial charge is 0.267 e. The van der Waals surface area contributed by atoms with Gasteiger partial charge in [0.25, 0.3) is 0 Å². The van der Waals surface area contributed by atoms with Crippen LogP contribution in [0.4, 0.5) is 10.2 Å². The number of nitrogens with one attached hydrogen (secondary N) is 1. The Hall–Kier alpha value is -1.21. The highest BCUT2D eigenvalue weighted by molar-refractivity contribution is 14.1. The van der Waals surface area contributed by atoms with E-state index in [-0.39, 0.29) is 11.9 Å². The molecule has 0 aliphatic heterocycles. The average molecular weight is 358 g/mol. The van der Waals surface area contributed by atoms with Gasteiger partial charge in [0.2, 0.25) is 0 Å². The van der Waals surface area contributed by atoms with Gasteiger partial charge in [0.15, 0.2) is 0 Å². The van der Waals surface area contributed by atoms with E-state index in [0.717, 1.165) is 9.13 Å². The first kappa shape index (κ1) is 13.2. The topological polar surface area (TPSA) is 34.1 Å². The number of hydrogen-bond acceptors (Lipinski definition) is 3. The van der Waals surface area contributed by atoms with Gasteiger partial charge < -0.3 is 0 Å². The van der Waals surface area contributed by atoms with Crippen molar-refractivity contribution in [2.45, 2.75) is 13.0 Å². The van der Waals surface area contributed by atoms with Crippen LogP contribution in [0, 0.1) is 9.39 Å². The fourth-order valence-corrected chi connectivity index (χ4v) is 2.24. The molecule has 0 amide bonds. The molecule has 0 aliphatic rings. The summed E-state index contributed by atoms with van der Waals surface area (Å²) in [5.41, 5.74) is 3.56. The van der Waals surface area contributed by atoms with Gasteiger partial charge in [-0.3, -0.25) is 4.84 Å². The number of nitrogens with zero attached hydrogens (tertiary/aromatic N) is 1. The lowest BCUT2D eigenvalue weighted by Gasteiger charge is -2.15. The van der Waals surface area contributed by atoms with Crippen molar-refractivity contribution < 1.29 is 9.23 Å². The Bertz CT molecular complexity index is 522. The molecule has 1 unspecified atom stereocenters. The van der Waals surface area contributed by atoms with Gasteiger partial charge in [-0.05, 0) is 65.4 Å². The van der Waals surface area contributed by atoms with Gasteiger partial charge in [-0.25, -0.2) is 14.9 Å². The standard InChI is InChI=1S/C13H12FIN2O/c1-9(11-8-10(14)5-6-12(11)15)18-17-13-4-2-3-7-16-13/h2-9H,1H3,(H,16,17). The van der Waals surface area contributed by atoms with E-state index >= 15 is 0 Å². The maximum absolute atomic E-state index is 13.2. The van der Waals surface area contributed by atoms with Crippen LogP contribution in [0.15, 0.2) is 42.6 Å². The number of benzene rings is 1. The fourth-order valence-electron chi connectivity index (χ4n) is 1.46. The van der Waals surface area contributed by atoms with Crippen molar-refractivity contribution in [1.29, 1.82) is 0 Å². The van der Waals surface area contributed by atoms with Crippen LogP contribution in [0.2, 0.25) is 0 Å². The molecule has 5 heteroatoms. The molecule has 0 fully saturated rings. The monoisotopic (exact) mass is 358 g/mol. The molecule has 0 saturated carbocycles. The molecule has 0 aliphatic carbocycles. The summed E-state index contributed by atoms with van der Waals surface area (Å²) in [6, 6.07) is 10.1. The van der Waals surface area contributed by atoms with E-state index in [1.54, 1.807) is 18.3 Å². The minimum Gasteiger partial charge on any atom is -0.267 e. The summed E-state index contributed by atoms with van der Waals surface area (Å²) in [6.07, 6.45) is 1.40. The highest BCUT2D eigenvalue weighted by Crippen LogP contribution is 2.23. The van der Waals surface area contributed by atoms with Crippen LogP contribution in [0.1, 0.15) is 18.6 Å². The third kappa shape index (κ3) is 3.39. The van der Waals surface area contributed by atoms with E-state index in [1.807, 2.05) is 19.1 Å². The predicted octanol–water partition coefficient (Wildman–Crippen LogP) is 3.93. The summed E-state index contributed by atoms with van der Waals surface area (Å²) in [5.74, 6) is 0.356. The van der Waals surface area contributed by atoms with Crippen molar-refractivity contribution in [1.82, 2.24) is 4.98 Å². The van der Waals surface area contributed by atoms with Crippen molar-refractivity contribution in [3.8, 4) is 0 Å². The fraction of sp³-hybridized carbons (Fsp3) is 0.154. The lowest BCUT2D eigenvalue weighted by Crippen LogP contribution is -2.09. The van der Waals surface area contributed by atoms with Gasteiger partial charge in [-0.15, -0.1) is 0 Å². The predicted molar refractivity (Wildman–Crippen MR) is 76.5 cm³/mol. The lowest BCUT2D eigenvalue weighted by molar-refractivity contribution is 0.114. The third-order valence-electron chi connectivity index (χ3n) is 2.40. The van der Waals surface area contributed by atoms with E-state index in [1.165, 1.54) is 12.1 Å². The second-order valence-corrected chi connectivity index (χ2v) is 4.91. The molecule has 1 atom stereocenters. The van der Waals surface area contributed by atoms with Gasteiger partial charge >= 0.3 is 0 Å². The molecule has 0 radical (unpaired) electrons. The first-order valence-corrected chi connectivity index (χ1v) is 6.52. The summed E-state index contributed by atoms with van der Waals surface area (Å²) < 4.78 is 14.1. The number of hydrogen-bond donors (Lipinski definition) is 1. The zero-order valence-corrected chi connectivity index (χ0v) is 11.9. The van der Waals surface area contributed by atoms with Crippen molar-refractivity contribution in [2.75, 3.05) is 5.48 Å². The van der Waals surface area contributed by atoms with E-state index in [9.17, 15) is 4.39 Å². The second-order valence-electron chi connectivity index (χ2n) is 3.74. The number of aromatic nitrogens is 1. The lowest BCUT2D eigenvalue weighted by atomic mass is 10.1. The molecule has 0 saturated heterocycles. The van der Waals surface area contributed by atoms with Crippen LogP contribution in [-0.4, -0.2) is 4.98 Å². The zero-order chi connectivity index (χ0) is 13.0. The maximum Gasteiger partial charge on any atom is 0.149 e. The summed E-state index contributed by atoms with van der Waals surface area (Å²) in [7, 11) is 0. The summed E-state index contributed by atoms with van der Waals surface area (Å²) in [6.45, 7) is 1.85. The Kier molecular flexibility index (Phi) is 4.48. The normalized spacial score (nSPS) is 12.2. The molecule has 0 bridgehead atoms. The Morgan fingerprint density at radius 3 is 2.89 bits per heavy atom. The highest BCUT2D eigenvalue weighted by Gasteiger charge is 2.11. The van der Waals surface area contributed by atoms with Gasteiger partial charge in [0.1, 0.15) is 17.7 Å². The van der Waals surface area contributed by atoms with E-state index < -0.39 is 0 Å². The molecule has 1 aromatic heterocycles. The quantitative estimate of drug-likeness (QED) is 0.664. The van der Waals surface area contributed by atoms with Crippen LogP contribution in [0.25, 0.3) is 0 Å². The molecule has 94 valence electrons. The molecule has 1 aromatic carbocycles. The van der Waals surface area contributed by atoms with Crippen molar-refractivity contribution in [2.24, 2.45) is 0 Å².